The van der Waals surface area contributed by atoms with E-state index in [1.54, 1.807) is 0 Å². The first-order valence-electron chi connectivity index (χ1n) is 6.04. The van der Waals surface area contributed by atoms with Crippen LogP contribution in [0.4, 0.5) is 0 Å². The van der Waals surface area contributed by atoms with Crippen molar-refractivity contribution in [2.45, 2.75) is 19.4 Å². The number of benzene rings is 1. The van der Waals surface area contributed by atoms with Crippen molar-refractivity contribution in [2.24, 2.45) is 10.9 Å². The molecule has 4 nitrogen and oxygen atoms in total. The lowest BCUT2D eigenvalue weighted by molar-refractivity contribution is 0.318. The van der Waals surface area contributed by atoms with Gasteiger partial charge in [0.1, 0.15) is 0 Å². The Morgan fingerprint density at radius 3 is 3.00 bits per heavy atom. The molecule has 0 atom stereocenters. The maximum Gasteiger partial charge on any atom is 0.170 e. The van der Waals surface area contributed by atoms with Crippen molar-refractivity contribution in [3.05, 3.63) is 35.4 Å². The van der Waals surface area contributed by atoms with Gasteiger partial charge in [-0.1, -0.05) is 23.4 Å². The summed E-state index contributed by atoms with van der Waals surface area (Å²) >= 11 is 1.89. The highest BCUT2D eigenvalue weighted by Crippen LogP contribution is 2.05. The Morgan fingerprint density at radius 2 is 2.28 bits per heavy atom. The van der Waals surface area contributed by atoms with Crippen LogP contribution in [-0.4, -0.2) is 29.6 Å². The molecule has 0 heterocycles. The third-order valence-corrected chi connectivity index (χ3v) is 3.31. The van der Waals surface area contributed by atoms with Crippen LogP contribution >= 0.6 is 11.8 Å². The normalized spacial score (nSPS) is 11.7. The van der Waals surface area contributed by atoms with Crippen molar-refractivity contribution >= 4 is 17.6 Å². The Morgan fingerprint density at radius 1 is 1.44 bits per heavy atom. The number of unbranched alkanes of at least 4 members (excludes halogenated alkanes) is 1. The van der Waals surface area contributed by atoms with Crippen LogP contribution in [0.5, 0.6) is 0 Å². The van der Waals surface area contributed by atoms with Crippen molar-refractivity contribution in [1.29, 1.82) is 0 Å². The minimum Gasteiger partial charge on any atom is -0.409 e. The number of nitrogens with zero attached hydrogens (tertiary/aromatic N) is 1. The van der Waals surface area contributed by atoms with E-state index in [2.05, 4.69) is 16.7 Å². The molecular weight excluding hydrogens is 246 g/mol. The summed E-state index contributed by atoms with van der Waals surface area (Å²) < 4.78 is 0. The van der Waals surface area contributed by atoms with E-state index in [4.69, 9.17) is 10.9 Å². The van der Waals surface area contributed by atoms with Crippen LogP contribution in [0.2, 0.25) is 0 Å². The van der Waals surface area contributed by atoms with Crippen LogP contribution in [-0.2, 0) is 6.54 Å². The zero-order valence-corrected chi connectivity index (χ0v) is 11.5. The predicted molar refractivity (Wildman–Crippen MR) is 78.3 cm³/mol. The zero-order valence-electron chi connectivity index (χ0n) is 10.7. The van der Waals surface area contributed by atoms with E-state index in [0.717, 1.165) is 24.2 Å². The molecule has 0 spiro atoms. The Kier molecular flexibility index (Phi) is 7.29. The van der Waals surface area contributed by atoms with E-state index in [1.165, 1.54) is 18.6 Å². The first-order valence-corrected chi connectivity index (χ1v) is 7.44. The summed E-state index contributed by atoms with van der Waals surface area (Å²) in [6.07, 6.45) is 4.57. The molecule has 0 saturated carbocycles. The summed E-state index contributed by atoms with van der Waals surface area (Å²) in [5.74, 6) is 1.37. The molecule has 1 aromatic rings. The lowest BCUT2D eigenvalue weighted by Gasteiger charge is -2.06. The van der Waals surface area contributed by atoms with Crippen molar-refractivity contribution in [3.63, 3.8) is 0 Å². The number of nitrogens with one attached hydrogen (secondary N) is 1. The molecule has 0 unspecified atom stereocenters. The van der Waals surface area contributed by atoms with E-state index in [-0.39, 0.29) is 5.84 Å². The largest absolute Gasteiger partial charge is 0.409 e. The van der Waals surface area contributed by atoms with Gasteiger partial charge in [0, 0.05) is 12.1 Å². The van der Waals surface area contributed by atoms with Gasteiger partial charge in [-0.05, 0) is 43.0 Å². The fourth-order valence-corrected chi connectivity index (χ4v) is 2.12. The van der Waals surface area contributed by atoms with Gasteiger partial charge in [0.15, 0.2) is 5.84 Å². The molecule has 0 aliphatic carbocycles. The smallest absolute Gasteiger partial charge is 0.170 e. The average Bonchev–Trinajstić information content (AvgIpc) is 2.42. The second-order valence-electron chi connectivity index (χ2n) is 4.06. The highest BCUT2D eigenvalue weighted by atomic mass is 32.2. The highest BCUT2D eigenvalue weighted by molar-refractivity contribution is 7.98. The average molecular weight is 267 g/mol. The molecule has 0 aliphatic heterocycles. The second kappa shape index (κ2) is 8.83. The molecule has 0 fully saturated rings. The van der Waals surface area contributed by atoms with Crippen LogP contribution in [0.15, 0.2) is 29.4 Å². The Bertz CT molecular complexity index is 382. The Hall–Kier alpha value is -1.20. The molecular formula is C13H21N3OS. The fraction of sp³-hybridized carbons (Fsp3) is 0.462. The SMILES string of the molecule is CSCCCCNCc1cccc(/C(N)=N/O)c1. The van der Waals surface area contributed by atoms with Crippen LogP contribution in [0.1, 0.15) is 24.0 Å². The fourth-order valence-electron chi connectivity index (χ4n) is 1.63. The minimum atomic E-state index is 0.150. The standard InChI is InChI=1S/C13H21N3OS/c1-18-8-3-2-7-15-10-11-5-4-6-12(9-11)13(14)16-17/h4-6,9,15,17H,2-3,7-8,10H2,1H3,(H2,14,16). The van der Waals surface area contributed by atoms with Crippen molar-refractivity contribution < 1.29 is 5.21 Å². The van der Waals surface area contributed by atoms with Gasteiger partial charge in [-0.2, -0.15) is 11.8 Å². The molecule has 0 saturated heterocycles. The van der Waals surface area contributed by atoms with Gasteiger partial charge in [-0.3, -0.25) is 0 Å². The summed E-state index contributed by atoms with van der Waals surface area (Å²) in [7, 11) is 0. The Balaban J connectivity index is 2.34. The zero-order chi connectivity index (χ0) is 13.2. The van der Waals surface area contributed by atoms with Gasteiger partial charge in [0.05, 0.1) is 0 Å². The quantitative estimate of drug-likeness (QED) is 0.221. The van der Waals surface area contributed by atoms with E-state index in [9.17, 15) is 0 Å². The number of thioether (sulfide) groups is 1. The summed E-state index contributed by atoms with van der Waals surface area (Å²) in [6.45, 7) is 1.83. The number of nitrogens with two attached hydrogens (primary N) is 1. The van der Waals surface area contributed by atoms with E-state index in [1.807, 2.05) is 36.0 Å². The van der Waals surface area contributed by atoms with Crippen LogP contribution in [0.3, 0.4) is 0 Å². The van der Waals surface area contributed by atoms with Crippen LogP contribution in [0.25, 0.3) is 0 Å². The lowest BCUT2D eigenvalue weighted by atomic mass is 10.1. The van der Waals surface area contributed by atoms with Gasteiger partial charge in [-0.25, -0.2) is 0 Å². The molecule has 0 radical (unpaired) electrons. The number of amidine groups is 1. The molecule has 1 rings (SSSR count). The summed E-state index contributed by atoms with van der Waals surface area (Å²) in [6, 6.07) is 7.71. The summed E-state index contributed by atoms with van der Waals surface area (Å²) in [5, 5.41) is 15.0. The Labute approximate surface area is 113 Å². The molecule has 0 aromatic heterocycles. The molecule has 0 amide bonds. The van der Waals surface area contributed by atoms with Gasteiger partial charge in [0.2, 0.25) is 0 Å². The third kappa shape index (κ3) is 5.42. The van der Waals surface area contributed by atoms with Crippen LogP contribution in [0, 0.1) is 0 Å². The first kappa shape index (κ1) is 14.9. The predicted octanol–water partition coefficient (Wildman–Crippen LogP) is 2.01. The highest BCUT2D eigenvalue weighted by Gasteiger charge is 2.00. The van der Waals surface area contributed by atoms with E-state index >= 15 is 0 Å². The molecule has 1 aromatic carbocycles. The third-order valence-electron chi connectivity index (χ3n) is 2.61. The molecule has 0 bridgehead atoms. The number of rotatable bonds is 8. The van der Waals surface area contributed by atoms with Crippen molar-refractivity contribution in [2.75, 3.05) is 18.6 Å². The summed E-state index contributed by atoms with van der Waals surface area (Å²) in [4.78, 5) is 0. The van der Waals surface area contributed by atoms with E-state index in [0.29, 0.717) is 0 Å². The van der Waals surface area contributed by atoms with Gasteiger partial charge >= 0.3 is 0 Å². The first-order chi connectivity index (χ1) is 8.77. The minimum absolute atomic E-state index is 0.150. The monoisotopic (exact) mass is 267 g/mol. The topological polar surface area (TPSA) is 70.6 Å². The summed E-state index contributed by atoms with van der Waals surface area (Å²) in [5.41, 5.74) is 7.44. The number of oxime groups is 1. The van der Waals surface area contributed by atoms with Gasteiger partial charge in [0.25, 0.3) is 0 Å². The molecule has 100 valence electrons. The van der Waals surface area contributed by atoms with Crippen LogP contribution < -0.4 is 11.1 Å². The van der Waals surface area contributed by atoms with Gasteiger partial charge in [-0.15, -0.1) is 0 Å². The number of hydrogen-bond donors (Lipinski definition) is 3. The molecule has 18 heavy (non-hydrogen) atoms. The van der Waals surface area contributed by atoms with Gasteiger partial charge < -0.3 is 16.3 Å². The van der Waals surface area contributed by atoms with Crippen molar-refractivity contribution in [3.8, 4) is 0 Å². The second-order valence-corrected chi connectivity index (χ2v) is 5.05. The maximum atomic E-state index is 8.62. The lowest BCUT2D eigenvalue weighted by Crippen LogP contribution is -2.16. The number of hydrogen-bond acceptors (Lipinski definition) is 4. The molecule has 5 heteroatoms. The molecule has 0 aliphatic rings. The maximum absolute atomic E-state index is 8.62. The molecule has 4 N–H and O–H groups in total. The van der Waals surface area contributed by atoms with E-state index < -0.39 is 0 Å². The van der Waals surface area contributed by atoms with Crippen molar-refractivity contribution in [1.82, 2.24) is 5.32 Å².